The highest BCUT2D eigenvalue weighted by atomic mass is 32.1. The number of rotatable bonds is 9. The maximum Gasteiger partial charge on any atom is 0.333 e. The SMILES string of the molecule is CCOC(=O)Cc1csc(NC(=O)Cn2c(=O)c3c(ncn3CC)n(Cc3ccccc3)c2=O)n1. The number of hydrogen-bond acceptors (Lipinski definition) is 8. The Morgan fingerprint density at radius 3 is 2.60 bits per heavy atom. The number of carbonyl (C=O) groups excluding carboxylic acids is 2. The summed E-state index contributed by atoms with van der Waals surface area (Å²) < 4.78 is 8.85. The Labute approximate surface area is 203 Å². The van der Waals surface area contributed by atoms with Crippen LogP contribution in [0.15, 0.2) is 51.6 Å². The largest absolute Gasteiger partial charge is 0.466 e. The van der Waals surface area contributed by atoms with Crippen molar-refractivity contribution in [3.63, 3.8) is 0 Å². The molecule has 1 amide bonds. The smallest absolute Gasteiger partial charge is 0.333 e. The van der Waals surface area contributed by atoms with Crippen molar-refractivity contribution in [3.05, 3.63) is 74.1 Å². The maximum atomic E-state index is 13.3. The van der Waals surface area contributed by atoms with Gasteiger partial charge in [-0.15, -0.1) is 11.3 Å². The molecule has 182 valence electrons. The second-order valence-corrected chi connectivity index (χ2v) is 8.48. The lowest BCUT2D eigenvalue weighted by atomic mass is 10.2. The number of aryl methyl sites for hydroxylation is 1. The lowest BCUT2D eigenvalue weighted by molar-refractivity contribution is -0.142. The molecule has 0 unspecified atom stereocenters. The number of nitrogens with zero attached hydrogens (tertiary/aromatic N) is 5. The molecule has 0 aliphatic rings. The van der Waals surface area contributed by atoms with Crippen LogP contribution in [0.5, 0.6) is 0 Å². The van der Waals surface area contributed by atoms with E-state index in [0.717, 1.165) is 21.5 Å². The highest BCUT2D eigenvalue weighted by molar-refractivity contribution is 7.13. The number of ether oxygens (including phenoxy) is 1. The van der Waals surface area contributed by atoms with E-state index >= 15 is 0 Å². The molecule has 3 aromatic heterocycles. The summed E-state index contributed by atoms with van der Waals surface area (Å²) in [7, 11) is 0. The molecule has 0 saturated carbocycles. The second kappa shape index (κ2) is 10.5. The highest BCUT2D eigenvalue weighted by Crippen LogP contribution is 2.16. The van der Waals surface area contributed by atoms with Crippen molar-refractivity contribution < 1.29 is 14.3 Å². The molecule has 0 atom stereocenters. The summed E-state index contributed by atoms with van der Waals surface area (Å²) in [6, 6.07) is 9.32. The predicted molar refractivity (Wildman–Crippen MR) is 131 cm³/mol. The van der Waals surface area contributed by atoms with Gasteiger partial charge in [-0.05, 0) is 19.4 Å². The van der Waals surface area contributed by atoms with E-state index in [2.05, 4.69) is 15.3 Å². The molecule has 4 aromatic rings. The predicted octanol–water partition coefficient (Wildman–Crippen LogP) is 1.63. The summed E-state index contributed by atoms with van der Waals surface area (Å²) in [6.45, 7) is 4.02. The average molecular weight is 497 g/mol. The molecule has 1 N–H and O–H groups in total. The minimum atomic E-state index is -0.634. The van der Waals surface area contributed by atoms with Gasteiger partial charge in [0.25, 0.3) is 5.56 Å². The van der Waals surface area contributed by atoms with E-state index in [0.29, 0.717) is 12.2 Å². The quantitative estimate of drug-likeness (QED) is 0.349. The number of benzene rings is 1. The van der Waals surface area contributed by atoms with E-state index in [9.17, 15) is 19.2 Å². The van der Waals surface area contributed by atoms with Crippen molar-refractivity contribution in [3.8, 4) is 0 Å². The lowest BCUT2D eigenvalue weighted by Gasteiger charge is -2.12. The molecular formula is C23H24N6O5S. The third kappa shape index (κ3) is 5.22. The van der Waals surface area contributed by atoms with Crippen LogP contribution in [0.1, 0.15) is 25.1 Å². The molecule has 0 fully saturated rings. The van der Waals surface area contributed by atoms with E-state index in [-0.39, 0.29) is 35.9 Å². The molecule has 1 aromatic carbocycles. The Balaban J connectivity index is 1.63. The topological polar surface area (TPSA) is 130 Å². The van der Waals surface area contributed by atoms with Crippen molar-refractivity contribution in [1.29, 1.82) is 0 Å². The number of thiazole rings is 1. The zero-order valence-electron chi connectivity index (χ0n) is 19.3. The van der Waals surface area contributed by atoms with Gasteiger partial charge in [-0.3, -0.25) is 19.0 Å². The normalized spacial score (nSPS) is 11.0. The Bertz CT molecular complexity index is 1480. The fourth-order valence-electron chi connectivity index (χ4n) is 3.63. The first kappa shape index (κ1) is 24.1. The zero-order chi connectivity index (χ0) is 24.9. The number of hydrogen-bond donors (Lipinski definition) is 1. The molecular weight excluding hydrogens is 472 g/mol. The van der Waals surface area contributed by atoms with E-state index in [1.54, 1.807) is 16.9 Å². The molecule has 4 rings (SSSR count). The molecule has 0 bridgehead atoms. The van der Waals surface area contributed by atoms with E-state index in [1.807, 2.05) is 37.3 Å². The summed E-state index contributed by atoms with van der Waals surface area (Å²) in [5.41, 5.74) is 0.608. The molecule has 11 nitrogen and oxygen atoms in total. The van der Waals surface area contributed by atoms with Crippen LogP contribution < -0.4 is 16.6 Å². The average Bonchev–Trinajstić information content (AvgIpc) is 3.47. The van der Waals surface area contributed by atoms with Crippen molar-refractivity contribution in [2.45, 2.75) is 39.9 Å². The van der Waals surface area contributed by atoms with Crippen LogP contribution in [-0.2, 0) is 40.4 Å². The van der Waals surface area contributed by atoms with E-state index < -0.39 is 29.7 Å². The van der Waals surface area contributed by atoms with Crippen LogP contribution >= 0.6 is 11.3 Å². The van der Waals surface area contributed by atoms with Crippen molar-refractivity contribution in [2.75, 3.05) is 11.9 Å². The summed E-state index contributed by atoms with van der Waals surface area (Å²) in [6.07, 6.45) is 1.50. The molecule has 0 spiro atoms. The minimum Gasteiger partial charge on any atom is -0.466 e. The second-order valence-electron chi connectivity index (χ2n) is 7.62. The van der Waals surface area contributed by atoms with Crippen LogP contribution in [0.25, 0.3) is 11.2 Å². The summed E-state index contributed by atoms with van der Waals surface area (Å²) in [5.74, 6) is -1.00. The number of aromatic nitrogens is 5. The maximum absolute atomic E-state index is 13.3. The van der Waals surface area contributed by atoms with E-state index in [4.69, 9.17) is 4.74 Å². The van der Waals surface area contributed by atoms with Gasteiger partial charge >= 0.3 is 11.7 Å². The van der Waals surface area contributed by atoms with Gasteiger partial charge in [0.05, 0.1) is 31.6 Å². The fourth-order valence-corrected chi connectivity index (χ4v) is 4.36. The Morgan fingerprint density at radius 1 is 1.11 bits per heavy atom. The summed E-state index contributed by atoms with van der Waals surface area (Å²) in [5, 5.41) is 4.49. The highest BCUT2D eigenvalue weighted by Gasteiger charge is 2.20. The minimum absolute atomic E-state index is 0.0124. The third-order valence-electron chi connectivity index (χ3n) is 5.24. The molecule has 3 heterocycles. The number of carbonyl (C=O) groups is 2. The lowest BCUT2D eigenvalue weighted by Crippen LogP contribution is -2.43. The van der Waals surface area contributed by atoms with Crippen LogP contribution in [0.2, 0.25) is 0 Å². The molecule has 35 heavy (non-hydrogen) atoms. The number of imidazole rings is 1. The van der Waals surface area contributed by atoms with Gasteiger partial charge in [0, 0.05) is 11.9 Å². The van der Waals surface area contributed by atoms with Crippen molar-refractivity contribution in [1.82, 2.24) is 23.7 Å². The van der Waals surface area contributed by atoms with Gasteiger partial charge in [0.2, 0.25) is 5.91 Å². The van der Waals surface area contributed by atoms with Gasteiger partial charge in [-0.1, -0.05) is 30.3 Å². The molecule has 0 saturated heterocycles. The molecule has 0 radical (unpaired) electrons. The van der Waals surface area contributed by atoms with Gasteiger partial charge in [0.1, 0.15) is 6.54 Å². The Hall–Kier alpha value is -4.06. The Kier molecular flexibility index (Phi) is 7.20. The number of nitrogens with one attached hydrogen (secondary N) is 1. The molecule has 12 heteroatoms. The number of amides is 1. The van der Waals surface area contributed by atoms with Gasteiger partial charge in [-0.2, -0.15) is 0 Å². The van der Waals surface area contributed by atoms with Gasteiger partial charge < -0.3 is 14.6 Å². The van der Waals surface area contributed by atoms with Gasteiger partial charge in [-0.25, -0.2) is 19.3 Å². The number of esters is 1. The number of fused-ring (bicyclic) bond motifs is 1. The zero-order valence-corrected chi connectivity index (χ0v) is 20.1. The van der Waals surface area contributed by atoms with Crippen LogP contribution in [-0.4, -0.2) is 42.2 Å². The summed E-state index contributed by atoms with van der Waals surface area (Å²) >= 11 is 1.14. The first-order valence-electron chi connectivity index (χ1n) is 11.0. The molecule has 0 aliphatic heterocycles. The van der Waals surface area contributed by atoms with Crippen LogP contribution in [0, 0.1) is 0 Å². The van der Waals surface area contributed by atoms with Crippen LogP contribution in [0.4, 0.5) is 5.13 Å². The monoisotopic (exact) mass is 496 g/mol. The van der Waals surface area contributed by atoms with Crippen molar-refractivity contribution in [2.24, 2.45) is 0 Å². The molecule has 0 aliphatic carbocycles. The van der Waals surface area contributed by atoms with Crippen LogP contribution in [0.3, 0.4) is 0 Å². The third-order valence-corrected chi connectivity index (χ3v) is 6.04. The first-order valence-corrected chi connectivity index (χ1v) is 11.9. The summed E-state index contributed by atoms with van der Waals surface area (Å²) in [4.78, 5) is 59.4. The fraction of sp³-hybridized carbons (Fsp3) is 0.304. The van der Waals surface area contributed by atoms with Crippen molar-refractivity contribution >= 4 is 39.5 Å². The standard InChI is InChI=1S/C23H24N6O5S/c1-3-27-14-24-20-19(27)21(32)29(23(33)28(20)11-15-8-6-5-7-9-15)12-17(30)26-22-25-16(13-35-22)10-18(31)34-4-2/h5-9,13-14H,3-4,10-12H2,1-2H3,(H,25,26,30). The van der Waals surface area contributed by atoms with Gasteiger partial charge in [0.15, 0.2) is 16.3 Å². The number of anilines is 1. The first-order chi connectivity index (χ1) is 16.9. The van der Waals surface area contributed by atoms with E-state index in [1.165, 1.54) is 10.9 Å². The Morgan fingerprint density at radius 2 is 1.89 bits per heavy atom.